The van der Waals surface area contributed by atoms with Crippen molar-refractivity contribution in [1.29, 1.82) is 0 Å². The van der Waals surface area contributed by atoms with Gasteiger partial charge < -0.3 is 19.5 Å². The average Bonchev–Trinajstić information content (AvgIpc) is 2.43. The zero-order valence-corrected chi connectivity index (χ0v) is 14.2. The molecule has 0 bridgehead atoms. The van der Waals surface area contributed by atoms with Crippen LogP contribution < -0.4 is 5.11 Å². The van der Waals surface area contributed by atoms with Crippen LogP contribution in [-0.4, -0.2) is 47.3 Å². The molecule has 0 aliphatic heterocycles. The fraction of sp³-hybridized carbons (Fsp3) is 0.824. The maximum Gasteiger partial charge on any atom is 0.126 e. The predicted molar refractivity (Wildman–Crippen MR) is 84.6 cm³/mol. The quantitative estimate of drug-likeness (QED) is 0.340. The molecule has 2 unspecified atom stereocenters. The van der Waals surface area contributed by atoms with Crippen molar-refractivity contribution in [1.82, 2.24) is 0 Å². The summed E-state index contributed by atoms with van der Waals surface area (Å²) in [5.41, 5.74) is 0. The van der Waals surface area contributed by atoms with Crippen LogP contribution in [0.1, 0.15) is 59.8 Å². The first-order valence-electron chi connectivity index (χ1n) is 8.34. The molecule has 0 amide bonds. The monoisotopic (exact) mass is 299 g/mol. The molecule has 0 fully saturated rings. The van der Waals surface area contributed by atoms with Crippen LogP contribution in [0, 0.1) is 0 Å². The van der Waals surface area contributed by atoms with E-state index in [-0.39, 0.29) is 0 Å². The molecule has 124 valence electrons. The molecule has 0 aliphatic rings. The number of aliphatic hydroxyl groups excluding tert-OH is 1. The Labute approximate surface area is 130 Å². The molecule has 2 atom stereocenters. The van der Waals surface area contributed by atoms with Crippen molar-refractivity contribution in [3.63, 3.8) is 0 Å². The van der Waals surface area contributed by atoms with Crippen LogP contribution in [0.15, 0.2) is 12.2 Å². The molecule has 21 heavy (non-hydrogen) atoms. The van der Waals surface area contributed by atoms with Crippen LogP contribution in [0.4, 0.5) is 0 Å². The van der Waals surface area contributed by atoms with Gasteiger partial charge in [0.1, 0.15) is 18.7 Å². The van der Waals surface area contributed by atoms with Crippen molar-refractivity contribution in [2.75, 3.05) is 19.6 Å². The molecule has 0 saturated heterocycles. The summed E-state index contributed by atoms with van der Waals surface area (Å²) in [4.78, 5) is 11.3. The number of aliphatic hydroxyl groups is 1. The number of carbonyl (C=O) groups is 1. The summed E-state index contributed by atoms with van der Waals surface area (Å²) >= 11 is 0. The normalized spacial score (nSPS) is 15.3. The van der Waals surface area contributed by atoms with Crippen molar-refractivity contribution in [3.05, 3.63) is 12.2 Å². The Morgan fingerprint density at radius 3 is 2.19 bits per heavy atom. The van der Waals surface area contributed by atoms with Crippen LogP contribution in [0.25, 0.3) is 0 Å². The molecule has 0 heterocycles. The number of carbonyl (C=O) groups excluding carboxylic acids is 1. The highest BCUT2D eigenvalue weighted by Crippen LogP contribution is 2.18. The Balaban J connectivity index is 4.93. The average molecular weight is 299 g/mol. The first-order chi connectivity index (χ1) is 9.93. The largest absolute Gasteiger partial charge is 0.544 e. The van der Waals surface area contributed by atoms with Crippen LogP contribution in [-0.2, 0) is 4.79 Å². The molecule has 0 radical (unpaired) electrons. The number of aliphatic carboxylic acids is 1. The van der Waals surface area contributed by atoms with Gasteiger partial charge in [0.05, 0.1) is 19.1 Å². The van der Waals surface area contributed by atoms with Crippen LogP contribution >= 0.6 is 0 Å². The summed E-state index contributed by atoms with van der Waals surface area (Å²) in [6, 6.07) is -0.594. The lowest BCUT2D eigenvalue weighted by atomic mass is 10.1. The number of carboxylic acids is 1. The number of carboxylic acid groups (broad SMARTS) is 1. The summed E-state index contributed by atoms with van der Waals surface area (Å²) in [6.07, 6.45) is 8.22. The minimum absolute atomic E-state index is 0.397. The van der Waals surface area contributed by atoms with Crippen LogP contribution in [0.5, 0.6) is 0 Å². The Hall–Kier alpha value is -0.870. The summed E-state index contributed by atoms with van der Waals surface area (Å²) in [5, 5.41) is 21.6. The van der Waals surface area contributed by atoms with E-state index in [0.717, 1.165) is 45.2 Å². The van der Waals surface area contributed by atoms with Gasteiger partial charge in [-0.1, -0.05) is 45.8 Å². The molecule has 0 spiro atoms. The second-order valence-corrected chi connectivity index (χ2v) is 5.98. The molecule has 1 N–H and O–H groups in total. The van der Waals surface area contributed by atoms with E-state index in [2.05, 4.69) is 6.92 Å². The smallest absolute Gasteiger partial charge is 0.126 e. The molecule has 0 aromatic carbocycles. The van der Waals surface area contributed by atoms with E-state index >= 15 is 0 Å². The Morgan fingerprint density at radius 2 is 1.76 bits per heavy atom. The van der Waals surface area contributed by atoms with Gasteiger partial charge in [-0.05, 0) is 26.2 Å². The lowest BCUT2D eigenvalue weighted by Crippen LogP contribution is -2.63. The third kappa shape index (κ3) is 7.09. The minimum atomic E-state index is -1.03. The Kier molecular flexibility index (Phi) is 10.4. The van der Waals surface area contributed by atoms with Crippen molar-refractivity contribution in [3.8, 4) is 0 Å². The first kappa shape index (κ1) is 20.1. The summed E-state index contributed by atoms with van der Waals surface area (Å²) in [5.74, 6) is -1.03. The molecule has 0 saturated carbocycles. The maximum absolute atomic E-state index is 11.3. The molecule has 0 rings (SSSR count). The van der Waals surface area contributed by atoms with Gasteiger partial charge in [0.25, 0.3) is 0 Å². The number of unbranched alkanes of at least 4 members (excludes halogenated alkanes) is 2. The Bertz CT molecular complexity index is 309. The van der Waals surface area contributed by atoms with Crippen molar-refractivity contribution in [2.24, 2.45) is 0 Å². The highest BCUT2D eigenvalue weighted by molar-refractivity contribution is 5.69. The van der Waals surface area contributed by atoms with Gasteiger partial charge in [0.15, 0.2) is 0 Å². The van der Waals surface area contributed by atoms with Crippen molar-refractivity contribution >= 4 is 5.97 Å². The van der Waals surface area contributed by atoms with Crippen LogP contribution in [0.2, 0.25) is 0 Å². The van der Waals surface area contributed by atoms with Crippen molar-refractivity contribution < 1.29 is 19.5 Å². The van der Waals surface area contributed by atoms with E-state index in [1.165, 1.54) is 0 Å². The maximum atomic E-state index is 11.3. The molecule has 0 aromatic rings. The first-order valence-corrected chi connectivity index (χ1v) is 8.34. The summed E-state index contributed by atoms with van der Waals surface area (Å²) < 4.78 is 0.397. The van der Waals surface area contributed by atoms with Gasteiger partial charge in [-0.2, -0.15) is 0 Å². The standard InChI is InChI=1S/C17H33NO3/c1-5-8-9-10-11-16(19)14-18(12-6-2,13-7-3)15(4)17(20)21/h10-11,15-16,19H,5-9,12-14H2,1-4H3/b11-10+. The van der Waals surface area contributed by atoms with Gasteiger partial charge >= 0.3 is 0 Å². The van der Waals surface area contributed by atoms with Gasteiger partial charge in [0.2, 0.25) is 0 Å². The zero-order chi connectivity index (χ0) is 16.3. The topological polar surface area (TPSA) is 60.4 Å². The van der Waals surface area contributed by atoms with E-state index in [1.807, 2.05) is 26.0 Å². The van der Waals surface area contributed by atoms with E-state index < -0.39 is 18.1 Å². The second-order valence-electron chi connectivity index (χ2n) is 5.98. The van der Waals surface area contributed by atoms with Crippen LogP contribution in [0.3, 0.4) is 0 Å². The van der Waals surface area contributed by atoms with Crippen molar-refractivity contribution in [2.45, 2.75) is 71.9 Å². The second kappa shape index (κ2) is 10.8. The lowest BCUT2D eigenvalue weighted by Gasteiger charge is -2.44. The number of hydrogen-bond acceptors (Lipinski definition) is 3. The fourth-order valence-corrected chi connectivity index (χ4v) is 2.96. The fourth-order valence-electron chi connectivity index (χ4n) is 2.96. The highest BCUT2D eigenvalue weighted by atomic mass is 16.4. The SMILES string of the molecule is CCCC/C=C/C(O)C[N+](CCC)(CCC)C(C)C(=O)[O-]. The van der Waals surface area contributed by atoms with Gasteiger partial charge in [-0.3, -0.25) is 0 Å². The van der Waals surface area contributed by atoms with E-state index in [0.29, 0.717) is 11.0 Å². The molecule has 4 nitrogen and oxygen atoms in total. The minimum Gasteiger partial charge on any atom is -0.544 e. The lowest BCUT2D eigenvalue weighted by molar-refractivity contribution is -0.945. The summed E-state index contributed by atoms with van der Waals surface area (Å²) in [7, 11) is 0. The van der Waals surface area contributed by atoms with E-state index in [1.54, 1.807) is 6.92 Å². The molecule has 0 aliphatic carbocycles. The molecule has 0 aromatic heterocycles. The van der Waals surface area contributed by atoms with E-state index in [9.17, 15) is 15.0 Å². The molecular formula is C17H33NO3. The molecular weight excluding hydrogens is 266 g/mol. The number of rotatable bonds is 12. The Morgan fingerprint density at radius 1 is 1.19 bits per heavy atom. The van der Waals surface area contributed by atoms with E-state index in [4.69, 9.17) is 0 Å². The predicted octanol–water partition coefficient (Wildman–Crippen LogP) is 1.87. The third-order valence-electron chi connectivity index (χ3n) is 4.13. The number of quaternary nitrogens is 1. The van der Waals surface area contributed by atoms with Gasteiger partial charge in [-0.15, -0.1) is 0 Å². The molecule has 4 heteroatoms. The highest BCUT2D eigenvalue weighted by Gasteiger charge is 2.34. The number of nitrogens with zero attached hydrogens (tertiary/aromatic N) is 1. The number of allylic oxidation sites excluding steroid dienone is 1. The summed E-state index contributed by atoms with van der Waals surface area (Å²) in [6.45, 7) is 9.89. The van der Waals surface area contributed by atoms with Gasteiger partial charge in [-0.25, -0.2) is 0 Å². The number of hydrogen-bond donors (Lipinski definition) is 1. The third-order valence-corrected chi connectivity index (χ3v) is 4.13. The van der Waals surface area contributed by atoms with Gasteiger partial charge in [0, 0.05) is 0 Å². The zero-order valence-electron chi connectivity index (χ0n) is 14.2.